The summed E-state index contributed by atoms with van der Waals surface area (Å²) in [4.78, 5) is 17.8. The summed E-state index contributed by atoms with van der Waals surface area (Å²) >= 11 is 0. The molecule has 0 fully saturated rings. The molecule has 0 spiro atoms. The first kappa shape index (κ1) is 20.7. The third-order valence-corrected chi connectivity index (χ3v) is 5.17. The molecule has 0 saturated heterocycles. The first-order valence-electron chi connectivity index (χ1n) is 10.4. The maximum atomic E-state index is 13.9. The summed E-state index contributed by atoms with van der Waals surface area (Å²) < 4.78 is 0. The number of amides is 2. The van der Waals surface area contributed by atoms with Gasteiger partial charge < -0.3 is 4.90 Å². The maximum absolute atomic E-state index is 13.9. The van der Waals surface area contributed by atoms with Gasteiger partial charge in [0.2, 0.25) is 0 Å². The number of aryl methyl sites for hydroxylation is 2. The van der Waals surface area contributed by atoms with Crippen LogP contribution >= 0.6 is 0 Å². The second-order valence-electron chi connectivity index (χ2n) is 7.45. The Morgan fingerprint density at radius 3 is 1.79 bits per heavy atom. The van der Waals surface area contributed by atoms with E-state index in [-0.39, 0.29) is 6.03 Å². The molecular weight excluding hydrogens is 356 g/mol. The van der Waals surface area contributed by atoms with Gasteiger partial charge in [-0.2, -0.15) is 0 Å². The van der Waals surface area contributed by atoms with E-state index in [9.17, 15) is 4.79 Å². The lowest BCUT2D eigenvalue weighted by Crippen LogP contribution is -2.41. The van der Waals surface area contributed by atoms with Crippen LogP contribution in [-0.4, -0.2) is 17.5 Å². The van der Waals surface area contributed by atoms with E-state index in [4.69, 9.17) is 0 Å². The molecule has 0 aliphatic rings. The van der Waals surface area contributed by atoms with Gasteiger partial charge in [0.05, 0.1) is 11.4 Å². The lowest BCUT2D eigenvalue weighted by atomic mass is 10.1. The van der Waals surface area contributed by atoms with Gasteiger partial charge in [-0.3, -0.25) is 4.90 Å². The largest absolute Gasteiger partial charge is 0.329 e. The molecule has 3 nitrogen and oxygen atoms in total. The number of urea groups is 1. The Morgan fingerprint density at radius 1 is 0.759 bits per heavy atom. The molecule has 0 aliphatic carbocycles. The zero-order chi connectivity index (χ0) is 20.6. The minimum atomic E-state index is 0.0194. The predicted molar refractivity (Wildman–Crippen MR) is 122 cm³/mol. The minimum Gasteiger partial charge on any atom is -0.320 e. The molecule has 0 aromatic heterocycles. The van der Waals surface area contributed by atoms with Crippen LogP contribution in [0.4, 0.5) is 16.2 Å². The Morgan fingerprint density at radius 2 is 1.28 bits per heavy atom. The van der Waals surface area contributed by atoms with Crippen molar-refractivity contribution in [1.29, 1.82) is 0 Å². The zero-order valence-corrected chi connectivity index (χ0v) is 17.6. The molecule has 29 heavy (non-hydrogen) atoms. The van der Waals surface area contributed by atoms with Crippen LogP contribution in [0.25, 0.3) is 0 Å². The number of benzene rings is 3. The summed E-state index contributed by atoms with van der Waals surface area (Å²) in [5.74, 6) is 0. The highest BCUT2D eigenvalue weighted by molar-refractivity contribution is 6.00. The number of rotatable bonds is 7. The summed E-state index contributed by atoms with van der Waals surface area (Å²) in [5, 5.41) is 0. The molecule has 3 rings (SSSR count). The number of carbonyl (C=O) groups is 1. The number of unbranched alkanes of at least 4 members (excludes halogenated alkanes) is 1. The van der Waals surface area contributed by atoms with Gasteiger partial charge in [-0.15, -0.1) is 0 Å². The van der Waals surface area contributed by atoms with Crippen molar-refractivity contribution >= 4 is 17.4 Å². The topological polar surface area (TPSA) is 23.6 Å². The van der Waals surface area contributed by atoms with Gasteiger partial charge in [-0.1, -0.05) is 80.1 Å². The summed E-state index contributed by atoms with van der Waals surface area (Å²) in [6.45, 7) is 7.61. The van der Waals surface area contributed by atoms with Crippen molar-refractivity contribution in [3.05, 3.63) is 95.6 Å². The van der Waals surface area contributed by atoms with Gasteiger partial charge in [-0.25, -0.2) is 4.79 Å². The van der Waals surface area contributed by atoms with E-state index in [0.717, 1.165) is 47.5 Å². The fourth-order valence-corrected chi connectivity index (χ4v) is 3.50. The first-order chi connectivity index (χ1) is 14.1. The van der Waals surface area contributed by atoms with E-state index in [0.29, 0.717) is 6.54 Å². The van der Waals surface area contributed by atoms with Gasteiger partial charge in [0.1, 0.15) is 0 Å². The molecule has 3 heteroatoms. The van der Waals surface area contributed by atoms with Crippen LogP contribution in [0.2, 0.25) is 0 Å². The molecule has 0 N–H and O–H groups in total. The molecule has 0 atom stereocenters. The van der Waals surface area contributed by atoms with E-state index in [1.165, 1.54) is 0 Å². The zero-order valence-electron chi connectivity index (χ0n) is 17.6. The van der Waals surface area contributed by atoms with Gasteiger partial charge in [-0.05, 0) is 49.1 Å². The van der Waals surface area contributed by atoms with Crippen molar-refractivity contribution in [3.8, 4) is 0 Å². The molecule has 2 amide bonds. The number of para-hydroxylation sites is 2. The van der Waals surface area contributed by atoms with Crippen LogP contribution < -0.4 is 4.90 Å². The highest BCUT2D eigenvalue weighted by Gasteiger charge is 2.26. The van der Waals surface area contributed by atoms with Crippen molar-refractivity contribution in [2.75, 3.05) is 11.4 Å². The number of carbonyl (C=O) groups excluding carboxylic acids is 1. The molecule has 0 heterocycles. The van der Waals surface area contributed by atoms with Gasteiger partial charge in [0, 0.05) is 13.1 Å². The van der Waals surface area contributed by atoms with Gasteiger partial charge in [0.15, 0.2) is 0 Å². The Labute approximate surface area is 174 Å². The second-order valence-corrected chi connectivity index (χ2v) is 7.45. The molecule has 0 bridgehead atoms. The molecule has 150 valence electrons. The minimum absolute atomic E-state index is 0.0194. The monoisotopic (exact) mass is 386 g/mol. The van der Waals surface area contributed by atoms with Crippen molar-refractivity contribution < 1.29 is 4.79 Å². The third-order valence-electron chi connectivity index (χ3n) is 5.17. The third kappa shape index (κ3) is 5.05. The van der Waals surface area contributed by atoms with Gasteiger partial charge in [0.25, 0.3) is 0 Å². The van der Waals surface area contributed by atoms with E-state index >= 15 is 0 Å². The number of hydrogen-bond donors (Lipinski definition) is 0. The van der Waals surface area contributed by atoms with Crippen LogP contribution in [0.1, 0.15) is 36.5 Å². The Hall–Kier alpha value is -3.07. The Balaban J connectivity index is 2.03. The van der Waals surface area contributed by atoms with Crippen LogP contribution in [0.5, 0.6) is 0 Å². The normalized spacial score (nSPS) is 10.6. The number of anilines is 2. The van der Waals surface area contributed by atoms with Crippen molar-refractivity contribution in [2.45, 2.75) is 40.2 Å². The molecule has 0 radical (unpaired) electrons. The van der Waals surface area contributed by atoms with Crippen LogP contribution in [0.15, 0.2) is 78.9 Å². The van der Waals surface area contributed by atoms with Crippen LogP contribution in [0, 0.1) is 13.8 Å². The average molecular weight is 387 g/mol. The summed E-state index contributed by atoms with van der Waals surface area (Å²) in [6, 6.07) is 26.4. The van der Waals surface area contributed by atoms with E-state index < -0.39 is 0 Å². The summed E-state index contributed by atoms with van der Waals surface area (Å²) in [5.41, 5.74) is 5.17. The van der Waals surface area contributed by atoms with E-state index in [1.54, 1.807) is 0 Å². The number of nitrogens with zero attached hydrogens (tertiary/aromatic N) is 2. The molecule has 3 aromatic rings. The van der Waals surface area contributed by atoms with E-state index in [2.05, 4.69) is 45.0 Å². The maximum Gasteiger partial charge on any atom is 0.329 e. The highest BCUT2D eigenvalue weighted by Crippen LogP contribution is 2.32. The van der Waals surface area contributed by atoms with Crippen molar-refractivity contribution in [2.24, 2.45) is 0 Å². The fourth-order valence-electron chi connectivity index (χ4n) is 3.50. The smallest absolute Gasteiger partial charge is 0.320 e. The Kier molecular flexibility index (Phi) is 7.07. The molecular formula is C26H30N2O. The first-order valence-corrected chi connectivity index (χ1v) is 10.4. The lowest BCUT2D eigenvalue weighted by molar-refractivity contribution is 0.203. The van der Waals surface area contributed by atoms with E-state index in [1.807, 2.05) is 64.4 Å². The lowest BCUT2D eigenvalue weighted by Gasteiger charge is -2.32. The predicted octanol–water partition coefficient (Wildman–Crippen LogP) is 6.86. The quantitative estimate of drug-likeness (QED) is 0.435. The SMILES string of the molecule is CCCCN(Cc1ccccc1)C(=O)N(c1ccccc1C)c1ccccc1C. The molecule has 0 unspecified atom stereocenters. The van der Waals surface area contributed by atoms with Crippen molar-refractivity contribution in [3.63, 3.8) is 0 Å². The standard InChI is InChI=1S/C26H30N2O/c1-4-5-19-27(20-23-15-7-6-8-16-23)26(29)28(24-17-11-9-13-21(24)2)25-18-12-10-14-22(25)3/h6-18H,4-5,19-20H2,1-3H3. The molecule has 3 aromatic carbocycles. The summed E-state index contributed by atoms with van der Waals surface area (Å²) in [6.07, 6.45) is 2.03. The highest BCUT2D eigenvalue weighted by atomic mass is 16.2. The Bertz CT molecular complexity index is 891. The molecule has 0 aliphatic heterocycles. The average Bonchev–Trinajstić information content (AvgIpc) is 2.74. The molecule has 0 saturated carbocycles. The van der Waals surface area contributed by atoms with Crippen LogP contribution in [-0.2, 0) is 6.54 Å². The van der Waals surface area contributed by atoms with Crippen molar-refractivity contribution in [1.82, 2.24) is 4.90 Å². The number of hydrogen-bond acceptors (Lipinski definition) is 1. The fraction of sp³-hybridized carbons (Fsp3) is 0.269. The van der Waals surface area contributed by atoms with Crippen LogP contribution in [0.3, 0.4) is 0 Å². The summed E-state index contributed by atoms with van der Waals surface area (Å²) in [7, 11) is 0. The second kappa shape index (κ2) is 9.92. The van der Waals surface area contributed by atoms with Gasteiger partial charge >= 0.3 is 6.03 Å².